The highest BCUT2D eigenvalue weighted by atomic mass is 19.1. The Kier molecular flexibility index (Phi) is 2.74. The third-order valence-electron chi connectivity index (χ3n) is 1.66. The Bertz CT molecular complexity index is 425. The van der Waals surface area contributed by atoms with Crippen molar-refractivity contribution in [2.75, 3.05) is 0 Å². The number of halogens is 1. The van der Waals surface area contributed by atoms with Crippen LogP contribution >= 0.6 is 0 Å². The number of nitro benzene ring substituents is 1. The smallest absolute Gasteiger partial charge is 0.279 e. The fraction of sp³-hybridized carbons (Fsp3) is 0.125. The van der Waals surface area contributed by atoms with Crippen molar-refractivity contribution in [2.45, 2.75) is 6.61 Å². The van der Waals surface area contributed by atoms with Gasteiger partial charge in [0.2, 0.25) is 0 Å². The molecule has 14 heavy (non-hydrogen) atoms. The summed E-state index contributed by atoms with van der Waals surface area (Å²) in [7, 11) is 0. The van der Waals surface area contributed by atoms with E-state index in [1.807, 2.05) is 0 Å². The van der Waals surface area contributed by atoms with Gasteiger partial charge in [0.1, 0.15) is 5.82 Å². The Labute approximate surface area is 78.2 Å². The first-order chi connectivity index (χ1) is 6.60. The first-order valence-electron chi connectivity index (χ1n) is 3.58. The second kappa shape index (κ2) is 3.81. The van der Waals surface area contributed by atoms with Crippen molar-refractivity contribution >= 4 is 5.69 Å². The molecule has 0 atom stereocenters. The van der Waals surface area contributed by atoms with Gasteiger partial charge in [-0.15, -0.1) is 0 Å². The average Bonchev–Trinajstić information content (AvgIpc) is 2.16. The second-order valence-electron chi connectivity index (χ2n) is 2.48. The van der Waals surface area contributed by atoms with E-state index in [-0.39, 0.29) is 5.56 Å². The third-order valence-corrected chi connectivity index (χ3v) is 1.66. The highest BCUT2D eigenvalue weighted by Gasteiger charge is 2.18. The molecule has 0 fully saturated rings. The summed E-state index contributed by atoms with van der Waals surface area (Å²) in [5.41, 5.74) is -1.13. The number of nitrogens with zero attached hydrogens (tertiary/aromatic N) is 2. The topological polar surface area (TPSA) is 87.2 Å². The summed E-state index contributed by atoms with van der Waals surface area (Å²) in [5, 5.41) is 27.5. The Morgan fingerprint density at radius 1 is 1.64 bits per heavy atom. The van der Waals surface area contributed by atoms with Crippen molar-refractivity contribution in [1.29, 1.82) is 5.26 Å². The quantitative estimate of drug-likeness (QED) is 0.566. The Morgan fingerprint density at radius 3 is 2.71 bits per heavy atom. The molecule has 1 rings (SSSR count). The molecule has 0 radical (unpaired) electrons. The minimum absolute atomic E-state index is 0.147. The van der Waals surface area contributed by atoms with Crippen molar-refractivity contribution in [3.05, 3.63) is 39.2 Å². The van der Waals surface area contributed by atoms with Gasteiger partial charge in [-0.1, -0.05) is 0 Å². The fourth-order valence-electron chi connectivity index (χ4n) is 1.01. The van der Waals surface area contributed by atoms with Crippen LogP contribution in [0.2, 0.25) is 0 Å². The van der Waals surface area contributed by atoms with E-state index in [1.54, 1.807) is 6.07 Å². The normalized spacial score (nSPS) is 9.50. The van der Waals surface area contributed by atoms with E-state index in [1.165, 1.54) is 0 Å². The summed E-state index contributed by atoms with van der Waals surface area (Å²) in [4.78, 5) is 9.58. The summed E-state index contributed by atoms with van der Waals surface area (Å²) < 4.78 is 13.0. The SMILES string of the molecule is N#Cc1cc(F)c(CO)c([N+](=O)[O-])c1. The molecule has 0 heterocycles. The molecular weight excluding hydrogens is 191 g/mol. The molecule has 0 aliphatic rings. The maximum Gasteiger partial charge on any atom is 0.279 e. The molecule has 72 valence electrons. The molecular formula is C8H5FN2O3. The van der Waals surface area contributed by atoms with Crippen LogP contribution in [0.3, 0.4) is 0 Å². The summed E-state index contributed by atoms with van der Waals surface area (Å²) in [6.45, 7) is -0.770. The largest absolute Gasteiger partial charge is 0.391 e. The van der Waals surface area contributed by atoms with Crippen LogP contribution in [0.25, 0.3) is 0 Å². The lowest BCUT2D eigenvalue weighted by molar-refractivity contribution is -0.386. The maximum absolute atomic E-state index is 13.0. The van der Waals surface area contributed by atoms with Crippen LogP contribution in [0.4, 0.5) is 10.1 Å². The Hall–Kier alpha value is -2.00. The molecule has 0 saturated heterocycles. The molecule has 0 spiro atoms. The van der Waals surface area contributed by atoms with Crippen LogP contribution in [-0.2, 0) is 6.61 Å². The van der Waals surface area contributed by atoms with Crippen LogP contribution in [0.1, 0.15) is 11.1 Å². The van der Waals surface area contributed by atoms with Gasteiger partial charge in [0.25, 0.3) is 5.69 Å². The number of hydrogen-bond acceptors (Lipinski definition) is 4. The molecule has 0 amide bonds. The van der Waals surface area contributed by atoms with E-state index in [4.69, 9.17) is 10.4 Å². The van der Waals surface area contributed by atoms with Gasteiger partial charge in [0, 0.05) is 6.07 Å². The molecule has 0 bridgehead atoms. The lowest BCUT2D eigenvalue weighted by atomic mass is 10.1. The van der Waals surface area contributed by atoms with E-state index < -0.39 is 28.6 Å². The summed E-state index contributed by atoms with van der Waals surface area (Å²) in [5.74, 6) is -0.946. The molecule has 0 unspecified atom stereocenters. The average molecular weight is 196 g/mol. The number of nitro groups is 1. The molecule has 1 N–H and O–H groups in total. The van der Waals surface area contributed by atoms with E-state index in [2.05, 4.69) is 0 Å². The minimum Gasteiger partial charge on any atom is -0.391 e. The molecule has 0 saturated carbocycles. The van der Waals surface area contributed by atoms with Gasteiger partial charge in [-0.05, 0) is 6.07 Å². The van der Waals surface area contributed by atoms with Crippen molar-refractivity contribution in [2.24, 2.45) is 0 Å². The van der Waals surface area contributed by atoms with E-state index in [0.29, 0.717) is 0 Å². The molecule has 6 heteroatoms. The first-order valence-corrected chi connectivity index (χ1v) is 3.58. The minimum atomic E-state index is -0.946. The zero-order valence-electron chi connectivity index (χ0n) is 6.90. The number of nitriles is 1. The number of aliphatic hydroxyl groups is 1. The summed E-state index contributed by atoms with van der Waals surface area (Å²) in [6.07, 6.45) is 0. The van der Waals surface area contributed by atoms with Crippen LogP contribution < -0.4 is 0 Å². The monoisotopic (exact) mass is 196 g/mol. The van der Waals surface area contributed by atoms with Crippen LogP contribution in [0, 0.1) is 27.3 Å². The Morgan fingerprint density at radius 2 is 2.29 bits per heavy atom. The van der Waals surface area contributed by atoms with Gasteiger partial charge in [0.15, 0.2) is 0 Å². The highest BCUT2D eigenvalue weighted by molar-refractivity contribution is 5.47. The lowest BCUT2D eigenvalue weighted by Crippen LogP contribution is -1.99. The number of aliphatic hydroxyl groups excluding tert-OH is 1. The predicted molar refractivity (Wildman–Crippen MR) is 43.7 cm³/mol. The number of benzene rings is 1. The molecule has 5 nitrogen and oxygen atoms in total. The lowest BCUT2D eigenvalue weighted by Gasteiger charge is -2.00. The molecule has 1 aromatic carbocycles. The van der Waals surface area contributed by atoms with Crippen LogP contribution in [0.5, 0.6) is 0 Å². The maximum atomic E-state index is 13.0. The van der Waals surface area contributed by atoms with Crippen LogP contribution in [-0.4, -0.2) is 10.0 Å². The fourth-order valence-corrected chi connectivity index (χ4v) is 1.01. The van der Waals surface area contributed by atoms with Crippen LogP contribution in [0.15, 0.2) is 12.1 Å². The van der Waals surface area contributed by atoms with Gasteiger partial charge in [-0.2, -0.15) is 5.26 Å². The highest BCUT2D eigenvalue weighted by Crippen LogP contribution is 2.23. The zero-order valence-corrected chi connectivity index (χ0v) is 6.90. The van der Waals surface area contributed by atoms with Gasteiger partial charge in [0.05, 0.1) is 28.7 Å². The number of rotatable bonds is 2. The predicted octanol–water partition coefficient (Wildman–Crippen LogP) is 1.10. The van der Waals surface area contributed by atoms with Crippen molar-refractivity contribution in [1.82, 2.24) is 0 Å². The summed E-state index contributed by atoms with van der Waals surface area (Å²) >= 11 is 0. The molecule has 0 aliphatic carbocycles. The third kappa shape index (κ3) is 1.67. The molecule has 0 aromatic heterocycles. The van der Waals surface area contributed by atoms with E-state index >= 15 is 0 Å². The van der Waals surface area contributed by atoms with E-state index in [9.17, 15) is 14.5 Å². The standard InChI is InChI=1S/C8H5FN2O3/c9-7-1-5(3-10)2-8(11(13)14)6(7)4-12/h1-2,12H,4H2. The molecule has 1 aromatic rings. The van der Waals surface area contributed by atoms with Gasteiger partial charge < -0.3 is 5.11 Å². The van der Waals surface area contributed by atoms with Crippen molar-refractivity contribution in [3.63, 3.8) is 0 Å². The second-order valence-corrected chi connectivity index (χ2v) is 2.48. The van der Waals surface area contributed by atoms with Crippen molar-refractivity contribution in [3.8, 4) is 6.07 Å². The summed E-state index contributed by atoms with van der Waals surface area (Å²) in [6, 6.07) is 3.36. The Balaban J connectivity index is 3.45. The first kappa shape index (κ1) is 10.1. The molecule has 0 aliphatic heterocycles. The van der Waals surface area contributed by atoms with Gasteiger partial charge in [-0.25, -0.2) is 4.39 Å². The van der Waals surface area contributed by atoms with Gasteiger partial charge in [-0.3, -0.25) is 10.1 Å². The van der Waals surface area contributed by atoms with Gasteiger partial charge >= 0.3 is 0 Å². The van der Waals surface area contributed by atoms with Crippen molar-refractivity contribution < 1.29 is 14.4 Å². The van der Waals surface area contributed by atoms with E-state index in [0.717, 1.165) is 12.1 Å². The number of hydrogen-bond donors (Lipinski definition) is 1. The zero-order chi connectivity index (χ0) is 10.7.